The standard InChI is InChI=1S/C33H43FN6O5/c1-5-40-10-8-31(38-40)37-33(42)26-16-27(32(41)36-17-25-20-43-12-13-44-25)29(14-22(26)3)45-30(19-39-11-9-35-23(4)18-39)24-7-6-21(2)28(34)15-24/h6-8,10,14-16,23,25,30,35H,5,9,11-13,17-20H2,1-4H3,(H,36,41)(H,37,38,42)/t23-,25+,30-/m1/s1. The number of carbonyl (C=O) groups excluding carboxylic acids is 2. The number of ether oxygens (including phenoxy) is 3. The number of aryl methyl sites for hydroxylation is 3. The predicted octanol–water partition coefficient (Wildman–Crippen LogP) is 3.47. The van der Waals surface area contributed by atoms with Crippen LogP contribution in [0.5, 0.6) is 5.75 Å². The van der Waals surface area contributed by atoms with Crippen LogP contribution < -0.4 is 20.7 Å². The highest BCUT2D eigenvalue weighted by molar-refractivity contribution is 6.07. The molecule has 0 bridgehead atoms. The van der Waals surface area contributed by atoms with E-state index in [2.05, 4.69) is 32.9 Å². The molecule has 2 aliphatic rings. The van der Waals surface area contributed by atoms with Gasteiger partial charge in [-0.1, -0.05) is 12.1 Å². The number of benzene rings is 2. The second-order valence-electron chi connectivity index (χ2n) is 11.7. The molecule has 2 aliphatic heterocycles. The Morgan fingerprint density at radius 2 is 1.98 bits per heavy atom. The van der Waals surface area contributed by atoms with Crippen molar-refractivity contribution in [3.63, 3.8) is 0 Å². The molecule has 0 saturated carbocycles. The molecule has 2 saturated heterocycles. The molecule has 5 rings (SSSR count). The average Bonchev–Trinajstić information content (AvgIpc) is 3.49. The van der Waals surface area contributed by atoms with Gasteiger partial charge in [0, 0.05) is 63.1 Å². The van der Waals surface area contributed by atoms with Crippen LogP contribution in [0.1, 0.15) is 57.4 Å². The summed E-state index contributed by atoms with van der Waals surface area (Å²) < 4.78 is 34.3. The molecule has 3 aromatic rings. The van der Waals surface area contributed by atoms with Gasteiger partial charge in [0.25, 0.3) is 11.8 Å². The van der Waals surface area contributed by atoms with E-state index in [0.29, 0.717) is 72.8 Å². The second kappa shape index (κ2) is 15.0. The summed E-state index contributed by atoms with van der Waals surface area (Å²) in [5.74, 6) is -0.435. The summed E-state index contributed by atoms with van der Waals surface area (Å²) in [5, 5.41) is 13.5. The molecule has 0 unspecified atom stereocenters. The van der Waals surface area contributed by atoms with Gasteiger partial charge >= 0.3 is 0 Å². The number of amides is 2. The second-order valence-corrected chi connectivity index (χ2v) is 11.7. The lowest BCUT2D eigenvalue weighted by molar-refractivity contribution is -0.0855. The van der Waals surface area contributed by atoms with Gasteiger partial charge in [-0.15, -0.1) is 0 Å². The molecule has 2 fully saturated rings. The van der Waals surface area contributed by atoms with Gasteiger partial charge in [-0.3, -0.25) is 19.2 Å². The van der Waals surface area contributed by atoms with E-state index in [4.69, 9.17) is 14.2 Å². The van der Waals surface area contributed by atoms with Crippen molar-refractivity contribution in [1.29, 1.82) is 0 Å². The van der Waals surface area contributed by atoms with Crippen molar-refractivity contribution in [3.05, 3.63) is 76.2 Å². The smallest absolute Gasteiger partial charge is 0.257 e. The molecule has 0 aliphatic carbocycles. The molecule has 11 nitrogen and oxygen atoms in total. The molecule has 0 spiro atoms. The molecule has 3 atom stereocenters. The minimum absolute atomic E-state index is 0.188. The molecule has 45 heavy (non-hydrogen) atoms. The first-order chi connectivity index (χ1) is 21.7. The maximum Gasteiger partial charge on any atom is 0.257 e. The maximum absolute atomic E-state index is 14.8. The fourth-order valence-electron chi connectivity index (χ4n) is 5.53. The van der Waals surface area contributed by atoms with E-state index < -0.39 is 17.9 Å². The predicted molar refractivity (Wildman–Crippen MR) is 168 cm³/mol. The van der Waals surface area contributed by atoms with Gasteiger partial charge in [-0.05, 0) is 62.6 Å². The van der Waals surface area contributed by atoms with E-state index in [1.165, 1.54) is 6.07 Å². The van der Waals surface area contributed by atoms with Crippen LogP contribution in [0.3, 0.4) is 0 Å². The van der Waals surface area contributed by atoms with Crippen molar-refractivity contribution >= 4 is 17.6 Å². The number of anilines is 1. The molecular weight excluding hydrogens is 579 g/mol. The number of rotatable bonds is 11. The molecule has 3 N–H and O–H groups in total. The summed E-state index contributed by atoms with van der Waals surface area (Å²) in [7, 11) is 0. The minimum Gasteiger partial charge on any atom is -0.484 e. The summed E-state index contributed by atoms with van der Waals surface area (Å²) in [6, 6.07) is 10.4. The van der Waals surface area contributed by atoms with Gasteiger partial charge in [0.1, 0.15) is 17.7 Å². The lowest BCUT2D eigenvalue weighted by Crippen LogP contribution is -2.50. The number of piperazine rings is 1. The largest absolute Gasteiger partial charge is 0.484 e. The van der Waals surface area contributed by atoms with Gasteiger partial charge in [0.2, 0.25) is 0 Å². The Kier molecular flexibility index (Phi) is 10.8. The van der Waals surface area contributed by atoms with Crippen LogP contribution in [0.4, 0.5) is 10.2 Å². The first-order valence-corrected chi connectivity index (χ1v) is 15.6. The number of aromatic nitrogens is 2. The highest BCUT2D eigenvalue weighted by Crippen LogP contribution is 2.31. The van der Waals surface area contributed by atoms with Crippen LogP contribution in [0.2, 0.25) is 0 Å². The Hall–Kier alpha value is -3.84. The van der Waals surface area contributed by atoms with E-state index in [1.54, 1.807) is 49.0 Å². The molecule has 2 aromatic carbocycles. The molecule has 242 valence electrons. The van der Waals surface area contributed by atoms with Crippen LogP contribution in [-0.2, 0) is 16.0 Å². The number of hydrogen-bond donors (Lipinski definition) is 3. The van der Waals surface area contributed by atoms with E-state index in [-0.39, 0.29) is 24.0 Å². The maximum atomic E-state index is 14.8. The monoisotopic (exact) mass is 622 g/mol. The van der Waals surface area contributed by atoms with E-state index >= 15 is 0 Å². The Morgan fingerprint density at radius 3 is 2.69 bits per heavy atom. The highest BCUT2D eigenvalue weighted by atomic mass is 19.1. The van der Waals surface area contributed by atoms with Gasteiger partial charge in [0.05, 0.1) is 31.5 Å². The first kappa shape index (κ1) is 32.6. The lowest BCUT2D eigenvalue weighted by atomic mass is 10.0. The van der Waals surface area contributed by atoms with Gasteiger partial charge in [-0.25, -0.2) is 4.39 Å². The van der Waals surface area contributed by atoms with Crippen LogP contribution in [-0.4, -0.2) is 91.2 Å². The fourth-order valence-corrected chi connectivity index (χ4v) is 5.53. The third kappa shape index (κ3) is 8.46. The van der Waals surface area contributed by atoms with Crippen LogP contribution in [0.25, 0.3) is 0 Å². The quantitative estimate of drug-likeness (QED) is 0.298. The van der Waals surface area contributed by atoms with Gasteiger partial charge < -0.3 is 30.2 Å². The number of carbonyl (C=O) groups is 2. The number of halogens is 1. The minimum atomic E-state index is -0.580. The van der Waals surface area contributed by atoms with E-state index in [9.17, 15) is 14.0 Å². The Morgan fingerprint density at radius 1 is 1.13 bits per heavy atom. The molecule has 12 heteroatoms. The summed E-state index contributed by atoms with van der Waals surface area (Å²) in [6.07, 6.45) is 0.916. The van der Waals surface area contributed by atoms with Crippen LogP contribution in [0.15, 0.2) is 42.6 Å². The van der Waals surface area contributed by atoms with E-state index in [0.717, 1.165) is 19.6 Å². The first-order valence-electron chi connectivity index (χ1n) is 15.6. The van der Waals surface area contributed by atoms with Crippen LogP contribution >= 0.6 is 0 Å². The van der Waals surface area contributed by atoms with Crippen LogP contribution in [0, 0.1) is 19.7 Å². The molecule has 0 radical (unpaired) electrons. The summed E-state index contributed by atoms with van der Waals surface area (Å²) in [5.41, 5.74) is 2.31. The zero-order valence-corrected chi connectivity index (χ0v) is 26.4. The average molecular weight is 623 g/mol. The van der Waals surface area contributed by atoms with Crippen molar-refractivity contribution in [2.45, 2.75) is 52.5 Å². The zero-order valence-electron chi connectivity index (χ0n) is 26.4. The van der Waals surface area contributed by atoms with Crippen molar-refractivity contribution in [3.8, 4) is 5.75 Å². The molecule has 3 heterocycles. The number of nitrogens with one attached hydrogen (secondary N) is 3. The van der Waals surface area contributed by atoms with Crippen molar-refractivity contribution in [1.82, 2.24) is 25.3 Å². The summed E-state index contributed by atoms with van der Waals surface area (Å²) >= 11 is 0. The summed E-state index contributed by atoms with van der Waals surface area (Å²) in [4.78, 5) is 29.4. The Labute approximate surface area is 263 Å². The molecular formula is C33H43FN6O5. The molecule has 1 aromatic heterocycles. The number of nitrogens with zero attached hydrogens (tertiary/aromatic N) is 3. The molecule has 2 amide bonds. The van der Waals surface area contributed by atoms with Crippen molar-refractivity contribution < 1.29 is 28.2 Å². The normalized spacial score (nSPS) is 19.6. The van der Waals surface area contributed by atoms with Gasteiger partial charge in [0.15, 0.2) is 5.82 Å². The third-order valence-electron chi connectivity index (χ3n) is 8.11. The number of hydrogen-bond acceptors (Lipinski definition) is 8. The van der Waals surface area contributed by atoms with Crippen molar-refractivity contribution in [2.24, 2.45) is 0 Å². The Balaban J connectivity index is 1.47. The van der Waals surface area contributed by atoms with Crippen molar-refractivity contribution in [2.75, 3.05) is 57.9 Å². The topological polar surface area (TPSA) is 119 Å². The lowest BCUT2D eigenvalue weighted by Gasteiger charge is -2.34. The van der Waals surface area contributed by atoms with Gasteiger partial charge in [-0.2, -0.15) is 5.10 Å². The third-order valence-corrected chi connectivity index (χ3v) is 8.11. The van der Waals surface area contributed by atoms with E-state index in [1.807, 2.05) is 13.0 Å². The Bertz CT molecular complexity index is 1490. The fraction of sp³-hybridized carbons (Fsp3) is 0.485. The zero-order chi connectivity index (χ0) is 31.9. The summed E-state index contributed by atoms with van der Waals surface area (Å²) in [6.45, 7) is 12.8. The SMILES string of the molecule is CCn1ccc(NC(=O)c2cc(C(=O)NC[C@H]3COCCO3)c(O[C@H](CN3CCN[C@H](C)C3)c3ccc(C)c(F)c3)cc2C)n1. The highest BCUT2D eigenvalue weighted by Gasteiger charge is 2.27.